The van der Waals surface area contributed by atoms with Gasteiger partial charge in [0.1, 0.15) is 0 Å². The minimum absolute atomic E-state index is 0.0880. The Labute approximate surface area is 159 Å². The Morgan fingerprint density at radius 2 is 1.64 bits per heavy atom. The van der Waals surface area contributed by atoms with Gasteiger partial charge in [-0.05, 0) is 28.5 Å². The lowest BCUT2D eigenvalue weighted by Gasteiger charge is -2.17. The van der Waals surface area contributed by atoms with E-state index in [9.17, 15) is 22.8 Å². The highest BCUT2D eigenvalue weighted by Crippen LogP contribution is 2.20. The van der Waals surface area contributed by atoms with Gasteiger partial charge >= 0.3 is 0 Å². The summed E-state index contributed by atoms with van der Waals surface area (Å²) in [6, 6.07) is 14.9. The number of halogens is 3. The fourth-order valence-corrected chi connectivity index (χ4v) is 2.86. The number of amides is 2. The van der Waals surface area contributed by atoms with Gasteiger partial charge in [-0.15, -0.1) is 0 Å². The molecule has 3 aromatic rings. The topological polar surface area (TPSA) is 49.4 Å². The molecule has 0 bridgehead atoms. The fourth-order valence-electron chi connectivity index (χ4n) is 2.86. The van der Waals surface area contributed by atoms with Crippen molar-refractivity contribution in [2.75, 3.05) is 18.9 Å². The third-order valence-electron chi connectivity index (χ3n) is 4.34. The zero-order valence-electron chi connectivity index (χ0n) is 15.0. The Kier molecular flexibility index (Phi) is 5.63. The summed E-state index contributed by atoms with van der Waals surface area (Å²) < 4.78 is 39.8. The number of carbonyl (C=O) groups excluding carboxylic acids is 2. The van der Waals surface area contributed by atoms with E-state index in [-0.39, 0.29) is 18.9 Å². The van der Waals surface area contributed by atoms with Gasteiger partial charge < -0.3 is 10.2 Å². The quantitative estimate of drug-likeness (QED) is 0.677. The van der Waals surface area contributed by atoms with Gasteiger partial charge in [-0.1, -0.05) is 42.5 Å². The molecule has 2 amide bonds. The molecule has 0 saturated carbocycles. The van der Waals surface area contributed by atoms with Crippen molar-refractivity contribution in [1.82, 2.24) is 4.90 Å². The van der Waals surface area contributed by atoms with Crippen LogP contribution in [0.1, 0.15) is 5.56 Å². The maximum Gasteiger partial charge on any atom is 0.244 e. The number of likely N-dealkylation sites (N-methyl/N-ethyl adjacent to an activating group) is 1. The maximum atomic E-state index is 13.6. The standard InChI is InChI=1S/C21H17F3N2O2/c1-26(12-18(27)25-17-10-9-16(22)20(23)21(17)24)19(28)11-14-7-4-6-13-5-2-3-8-15(13)14/h2-10H,11-12H2,1H3,(H,25,27). The van der Waals surface area contributed by atoms with E-state index in [1.165, 1.54) is 11.9 Å². The summed E-state index contributed by atoms with van der Waals surface area (Å²) in [5, 5.41) is 4.09. The number of hydrogen-bond acceptors (Lipinski definition) is 2. The van der Waals surface area contributed by atoms with Crippen LogP contribution in [0.2, 0.25) is 0 Å². The lowest BCUT2D eigenvalue weighted by atomic mass is 10.0. The number of rotatable bonds is 5. The summed E-state index contributed by atoms with van der Waals surface area (Å²) in [6.07, 6.45) is 0.0880. The molecule has 0 saturated heterocycles. The Hall–Kier alpha value is -3.35. The van der Waals surface area contributed by atoms with Crippen LogP contribution in [0, 0.1) is 17.5 Å². The molecular weight excluding hydrogens is 369 g/mol. The number of anilines is 1. The van der Waals surface area contributed by atoms with E-state index >= 15 is 0 Å². The van der Waals surface area contributed by atoms with Crippen LogP contribution in [-0.4, -0.2) is 30.3 Å². The van der Waals surface area contributed by atoms with Gasteiger partial charge in [0, 0.05) is 7.05 Å². The van der Waals surface area contributed by atoms with Crippen molar-refractivity contribution in [3.63, 3.8) is 0 Å². The van der Waals surface area contributed by atoms with Gasteiger partial charge in [0.25, 0.3) is 0 Å². The molecular formula is C21H17F3N2O2. The highest BCUT2D eigenvalue weighted by molar-refractivity contribution is 5.95. The van der Waals surface area contributed by atoms with Crippen LogP contribution in [-0.2, 0) is 16.0 Å². The first-order chi connectivity index (χ1) is 13.4. The molecule has 3 aromatic carbocycles. The lowest BCUT2D eigenvalue weighted by Crippen LogP contribution is -2.36. The molecule has 0 atom stereocenters. The second-order valence-corrected chi connectivity index (χ2v) is 6.34. The Bertz CT molecular complexity index is 1050. The number of hydrogen-bond donors (Lipinski definition) is 1. The summed E-state index contributed by atoms with van der Waals surface area (Å²) in [7, 11) is 1.44. The van der Waals surface area contributed by atoms with Crippen molar-refractivity contribution in [2.45, 2.75) is 6.42 Å². The van der Waals surface area contributed by atoms with Crippen LogP contribution in [0.15, 0.2) is 54.6 Å². The van der Waals surface area contributed by atoms with Gasteiger partial charge in [0.15, 0.2) is 17.5 Å². The van der Waals surface area contributed by atoms with Gasteiger partial charge in [-0.3, -0.25) is 9.59 Å². The number of benzene rings is 3. The molecule has 0 aliphatic carbocycles. The molecule has 0 aromatic heterocycles. The minimum Gasteiger partial charge on any atom is -0.336 e. The zero-order chi connectivity index (χ0) is 20.3. The lowest BCUT2D eigenvalue weighted by molar-refractivity contribution is -0.132. The molecule has 28 heavy (non-hydrogen) atoms. The van der Waals surface area contributed by atoms with Gasteiger partial charge in [-0.25, -0.2) is 13.2 Å². The number of nitrogens with zero attached hydrogens (tertiary/aromatic N) is 1. The second-order valence-electron chi connectivity index (χ2n) is 6.34. The second kappa shape index (κ2) is 8.12. The molecule has 0 spiro atoms. The van der Waals surface area contributed by atoms with Crippen molar-refractivity contribution < 1.29 is 22.8 Å². The van der Waals surface area contributed by atoms with E-state index in [2.05, 4.69) is 5.32 Å². The van der Waals surface area contributed by atoms with E-state index in [0.29, 0.717) is 6.07 Å². The molecule has 0 aliphatic rings. The monoisotopic (exact) mass is 386 g/mol. The SMILES string of the molecule is CN(CC(=O)Nc1ccc(F)c(F)c1F)C(=O)Cc1cccc2ccccc12. The van der Waals surface area contributed by atoms with Crippen molar-refractivity contribution in [2.24, 2.45) is 0 Å². The summed E-state index contributed by atoms with van der Waals surface area (Å²) in [6.45, 7) is -0.359. The normalized spacial score (nSPS) is 10.7. The van der Waals surface area contributed by atoms with Crippen LogP contribution < -0.4 is 5.32 Å². The molecule has 7 heteroatoms. The van der Waals surface area contributed by atoms with Crippen LogP contribution in [0.25, 0.3) is 10.8 Å². The van der Waals surface area contributed by atoms with E-state index in [1.807, 2.05) is 42.5 Å². The third-order valence-corrected chi connectivity index (χ3v) is 4.34. The molecule has 0 aliphatic heterocycles. The Morgan fingerprint density at radius 3 is 2.43 bits per heavy atom. The molecule has 0 radical (unpaired) electrons. The largest absolute Gasteiger partial charge is 0.336 e. The summed E-state index contributed by atoms with van der Waals surface area (Å²) in [5.41, 5.74) is 0.334. The first-order valence-corrected chi connectivity index (χ1v) is 8.50. The van der Waals surface area contributed by atoms with E-state index < -0.39 is 29.0 Å². The van der Waals surface area contributed by atoms with Crippen molar-refractivity contribution in [3.8, 4) is 0 Å². The summed E-state index contributed by atoms with van der Waals surface area (Å²) >= 11 is 0. The van der Waals surface area contributed by atoms with E-state index in [0.717, 1.165) is 22.4 Å². The maximum absolute atomic E-state index is 13.6. The molecule has 1 N–H and O–H groups in total. The molecule has 0 heterocycles. The molecule has 144 valence electrons. The number of fused-ring (bicyclic) bond motifs is 1. The minimum atomic E-state index is -1.67. The number of nitrogens with one attached hydrogen (secondary N) is 1. The van der Waals surface area contributed by atoms with Gasteiger partial charge in [-0.2, -0.15) is 0 Å². The molecule has 3 rings (SSSR count). The van der Waals surface area contributed by atoms with Crippen LogP contribution in [0.3, 0.4) is 0 Å². The number of carbonyl (C=O) groups is 2. The van der Waals surface area contributed by atoms with Crippen molar-refractivity contribution in [1.29, 1.82) is 0 Å². The van der Waals surface area contributed by atoms with Crippen molar-refractivity contribution in [3.05, 3.63) is 77.6 Å². The van der Waals surface area contributed by atoms with Gasteiger partial charge in [0.2, 0.25) is 11.8 Å². The average Bonchev–Trinajstić information content (AvgIpc) is 2.68. The molecule has 0 unspecified atom stereocenters. The van der Waals surface area contributed by atoms with E-state index in [1.54, 1.807) is 0 Å². The predicted octanol–water partition coefficient (Wildman–Crippen LogP) is 3.90. The van der Waals surface area contributed by atoms with Gasteiger partial charge in [0.05, 0.1) is 18.7 Å². The zero-order valence-corrected chi connectivity index (χ0v) is 15.0. The van der Waals surface area contributed by atoms with Crippen molar-refractivity contribution >= 4 is 28.3 Å². The fraction of sp³-hybridized carbons (Fsp3) is 0.143. The van der Waals surface area contributed by atoms with Crippen LogP contribution in [0.5, 0.6) is 0 Å². The first kappa shape index (κ1) is 19.4. The summed E-state index contributed by atoms with van der Waals surface area (Å²) in [4.78, 5) is 25.7. The Morgan fingerprint density at radius 1 is 0.929 bits per heavy atom. The highest BCUT2D eigenvalue weighted by Gasteiger charge is 2.18. The third kappa shape index (κ3) is 4.14. The van der Waals surface area contributed by atoms with Crippen LogP contribution in [0.4, 0.5) is 18.9 Å². The average molecular weight is 386 g/mol. The van der Waals surface area contributed by atoms with E-state index in [4.69, 9.17) is 0 Å². The molecule has 0 fully saturated rings. The Balaban J connectivity index is 1.65. The molecule has 4 nitrogen and oxygen atoms in total. The van der Waals surface area contributed by atoms with Crippen LogP contribution >= 0.6 is 0 Å². The summed E-state index contributed by atoms with van der Waals surface area (Å²) in [5.74, 6) is -5.54. The highest BCUT2D eigenvalue weighted by atomic mass is 19.2. The predicted molar refractivity (Wildman–Crippen MR) is 100 cm³/mol. The smallest absolute Gasteiger partial charge is 0.244 e. The first-order valence-electron chi connectivity index (χ1n) is 8.50.